The Kier molecular flexibility index (Phi) is 1.96. The minimum Gasteiger partial charge on any atom is -0.270 e. The molecule has 23 heavy (non-hydrogen) atoms. The van der Waals surface area contributed by atoms with Crippen molar-refractivity contribution in [3.8, 4) is 0 Å². The average Bonchev–Trinajstić information content (AvgIpc) is 3.28. The van der Waals surface area contributed by atoms with E-state index < -0.39 is 0 Å². The number of nitrogens with one attached hydrogen (secondary N) is 1. The van der Waals surface area contributed by atoms with Gasteiger partial charge in [-0.2, -0.15) is 5.16 Å². The lowest BCUT2D eigenvalue weighted by Crippen LogP contribution is -1.76. The first-order valence-electron chi connectivity index (χ1n) is 7.37. The molecule has 0 saturated carbocycles. The topological polar surface area (TPSA) is 54.7 Å². The highest BCUT2D eigenvalue weighted by atomic mass is 32.1. The summed E-state index contributed by atoms with van der Waals surface area (Å²) < 4.78 is 7.63. The molecule has 0 bridgehead atoms. The summed E-state index contributed by atoms with van der Waals surface area (Å²) in [5.74, 6) is 0. The molecule has 4 nitrogen and oxygen atoms in total. The van der Waals surface area contributed by atoms with E-state index in [-0.39, 0.29) is 0 Å². The summed E-state index contributed by atoms with van der Waals surface area (Å²) in [6.45, 7) is 0. The van der Waals surface area contributed by atoms with Gasteiger partial charge in [0.2, 0.25) is 0 Å². The number of hydrogen-bond donors (Lipinski definition) is 1. The maximum Gasteiger partial charge on any atom is 0.142 e. The molecule has 5 heteroatoms. The fourth-order valence-corrected chi connectivity index (χ4v) is 4.70. The van der Waals surface area contributed by atoms with E-state index in [1.54, 1.807) is 11.3 Å². The third-order valence-electron chi connectivity index (χ3n) is 4.46. The number of fused-ring (bicyclic) bond motifs is 10. The van der Waals surface area contributed by atoms with Crippen molar-refractivity contribution >= 4 is 64.3 Å². The molecule has 0 aliphatic carbocycles. The highest BCUT2D eigenvalue weighted by molar-refractivity contribution is 7.26. The summed E-state index contributed by atoms with van der Waals surface area (Å²) in [5.41, 5.74) is 3.82. The molecule has 3 heterocycles. The molecule has 6 aromatic rings. The molecule has 0 atom stereocenters. The third-order valence-corrected chi connectivity index (χ3v) is 5.64. The largest absolute Gasteiger partial charge is 0.270 e. The first-order chi connectivity index (χ1) is 11.4. The van der Waals surface area contributed by atoms with Gasteiger partial charge < -0.3 is 0 Å². The van der Waals surface area contributed by atoms with E-state index in [0.29, 0.717) is 0 Å². The third kappa shape index (κ3) is 1.31. The fourth-order valence-electron chi connectivity index (χ4n) is 3.50. The van der Waals surface area contributed by atoms with Crippen LogP contribution in [-0.2, 0) is 0 Å². The molecule has 0 amide bonds. The molecule has 0 aliphatic heterocycles. The lowest BCUT2D eigenvalue weighted by atomic mass is 10.1. The first-order valence-corrected chi connectivity index (χ1v) is 8.19. The number of thiophene rings is 1. The molecule has 0 unspecified atom stereocenters. The zero-order valence-electron chi connectivity index (χ0n) is 11.8. The number of benzene rings is 3. The molecule has 0 saturated heterocycles. The second kappa shape index (κ2) is 3.88. The van der Waals surface area contributed by atoms with E-state index in [9.17, 15) is 0 Å². The van der Waals surface area contributed by atoms with Crippen molar-refractivity contribution in [3.63, 3.8) is 0 Å². The van der Waals surface area contributed by atoms with Crippen LogP contribution in [0.5, 0.6) is 0 Å². The van der Waals surface area contributed by atoms with Crippen LogP contribution in [0, 0.1) is 0 Å². The molecule has 6 rings (SSSR count). The van der Waals surface area contributed by atoms with Gasteiger partial charge in [0, 0.05) is 26.2 Å². The van der Waals surface area contributed by atoms with Gasteiger partial charge in [-0.3, -0.25) is 4.63 Å². The minimum absolute atomic E-state index is 0.878. The SMILES string of the molecule is c1ccc2c(c1)nc1c3sc4ccccc4c3c3no[nH]c3c21. The Morgan fingerprint density at radius 1 is 0.870 bits per heavy atom. The summed E-state index contributed by atoms with van der Waals surface area (Å²) in [5, 5.41) is 11.8. The van der Waals surface area contributed by atoms with Gasteiger partial charge in [0.1, 0.15) is 11.0 Å². The van der Waals surface area contributed by atoms with Crippen molar-refractivity contribution in [3.05, 3.63) is 48.5 Å². The summed E-state index contributed by atoms with van der Waals surface area (Å²) in [6.07, 6.45) is 0. The average molecular weight is 315 g/mol. The summed E-state index contributed by atoms with van der Waals surface area (Å²) >= 11 is 1.77. The highest BCUT2D eigenvalue weighted by Crippen LogP contribution is 2.44. The van der Waals surface area contributed by atoms with E-state index in [0.717, 1.165) is 38.2 Å². The maximum absolute atomic E-state index is 5.22. The maximum atomic E-state index is 5.22. The van der Waals surface area contributed by atoms with Crippen molar-refractivity contribution in [2.24, 2.45) is 0 Å². The van der Waals surface area contributed by atoms with Gasteiger partial charge in [-0.1, -0.05) is 41.6 Å². The standard InChI is InChI=1S/C18H9N3OS/c1-3-7-11-9(5-1)13-15-16(21-22-20-15)14-10-6-2-4-8-12(10)23-18(14)17(13)19-11/h1-8,20H. The van der Waals surface area contributed by atoms with Crippen molar-refractivity contribution < 1.29 is 4.63 Å². The van der Waals surface area contributed by atoms with Gasteiger partial charge in [0.05, 0.1) is 15.7 Å². The number of para-hydroxylation sites is 1. The van der Waals surface area contributed by atoms with Crippen LogP contribution in [-0.4, -0.2) is 15.3 Å². The highest BCUT2D eigenvalue weighted by Gasteiger charge is 2.20. The van der Waals surface area contributed by atoms with E-state index in [2.05, 4.69) is 40.6 Å². The van der Waals surface area contributed by atoms with Crippen LogP contribution in [0.25, 0.3) is 53.0 Å². The Morgan fingerprint density at radius 3 is 2.65 bits per heavy atom. The van der Waals surface area contributed by atoms with E-state index in [1.165, 1.54) is 14.8 Å². The summed E-state index contributed by atoms with van der Waals surface area (Å²) in [4.78, 5) is 4.89. The normalized spacial score (nSPS) is 12.3. The zero-order valence-corrected chi connectivity index (χ0v) is 12.6. The van der Waals surface area contributed by atoms with Gasteiger partial charge in [-0.15, -0.1) is 11.3 Å². The molecule has 0 fully saturated rings. The molecular formula is C18H9N3OS. The first kappa shape index (κ1) is 11.6. The Balaban J connectivity index is 2.07. The number of aromatic nitrogens is 3. The van der Waals surface area contributed by atoms with Crippen LogP contribution in [0.15, 0.2) is 53.2 Å². The predicted octanol–water partition coefficient (Wildman–Crippen LogP) is 5.23. The fraction of sp³-hybridized carbons (Fsp3) is 0. The number of nitrogens with zero attached hydrogens (tertiary/aromatic N) is 2. The molecule has 0 radical (unpaired) electrons. The molecule has 1 N–H and O–H groups in total. The molecule has 0 aliphatic rings. The van der Waals surface area contributed by atoms with Crippen LogP contribution in [0.2, 0.25) is 0 Å². The van der Waals surface area contributed by atoms with E-state index >= 15 is 0 Å². The zero-order chi connectivity index (χ0) is 15.0. The molecule has 108 valence electrons. The van der Waals surface area contributed by atoms with Crippen LogP contribution >= 0.6 is 11.3 Å². The Labute approximate surface area is 133 Å². The van der Waals surface area contributed by atoms with Crippen molar-refractivity contribution in [1.29, 1.82) is 0 Å². The smallest absolute Gasteiger partial charge is 0.142 e. The van der Waals surface area contributed by atoms with Crippen LogP contribution in [0.1, 0.15) is 0 Å². The lowest BCUT2D eigenvalue weighted by Gasteiger charge is -1.96. The molecular weight excluding hydrogens is 306 g/mol. The van der Waals surface area contributed by atoms with Gasteiger partial charge in [-0.05, 0) is 12.1 Å². The van der Waals surface area contributed by atoms with Crippen molar-refractivity contribution in [2.75, 3.05) is 0 Å². The van der Waals surface area contributed by atoms with E-state index in [4.69, 9.17) is 9.61 Å². The monoisotopic (exact) mass is 315 g/mol. The Morgan fingerprint density at radius 2 is 1.70 bits per heavy atom. The van der Waals surface area contributed by atoms with Crippen LogP contribution < -0.4 is 0 Å². The molecule has 3 aromatic carbocycles. The van der Waals surface area contributed by atoms with Crippen molar-refractivity contribution in [1.82, 2.24) is 15.3 Å². The second-order valence-corrected chi connectivity index (χ2v) is 6.72. The number of hydrogen-bond acceptors (Lipinski definition) is 4. The van der Waals surface area contributed by atoms with Gasteiger partial charge in [0.15, 0.2) is 0 Å². The second-order valence-electron chi connectivity index (χ2n) is 5.66. The van der Waals surface area contributed by atoms with Crippen LogP contribution in [0.4, 0.5) is 0 Å². The van der Waals surface area contributed by atoms with Gasteiger partial charge >= 0.3 is 0 Å². The summed E-state index contributed by atoms with van der Waals surface area (Å²) in [6, 6.07) is 16.6. The Hall–Kier alpha value is -2.92. The molecule has 0 spiro atoms. The van der Waals surface area contributed by atoms with Crippen LogP contribution in [0.3, 0.4) is 0 Å². The Bertz CT molecular complexity index is 1270. The van der Waals surface area contributed by atoms with Crippen molar-refractivity contribution in [2.45, 2.75) is 0 Å². The minimum atomic E-state index is 0.878. The number of rotatable bonds is 0. The quantitative estimate of drug-likeness (QED) is 0.418. The lowest BCUT2D eigenvalue weighted by molar-refractivity contribution is 0.316. The van der Waals surface area contributed by atoms with Gasteiger partial charge in [-0.25, -0.2) is 4.98 Å². The number of aromatic amines is 1. The van der Waals surface area contributed by atoms with Gasteiger partial charge in [0.25, 0.3) is 0 Å². The number of H-pyrrole nitrogens is 1. The van der Waals surface area contributed by atoms with E-state index in [1.807, 2.05) is 18.2 Å². The summed E-state index contributed by atoms with van der Waals surface area (Å²) in [7, 11) is 0. The molecule has 3 aromatic heterocycles. The predicted molar refractivity (Wildman–Crippen MR) is 94.1 cm³/mol.